The van der Waals surface area contributed by atoms with E-state index in [2.05, 4.69) is 22.5 Å². The molecule has 1 heterocycles. The van der Waals surface area contributed by atoms with E-state index in [0.29, 0.717) is 6.42 Å². The molecule has 0 aliphatic rings. The van der Waals surface area contributed by atoms with Crippen LogP contribution in [-0.4, -0.2) is 28.6 Å². The number of nitrogens with one attached hydrogen (secondary N) is 2. The van der Waals surface area contributed by atoms with Crippen LogP contribution in [0.25, 0.3) is 0 Å². The van der Waals surface area contributed by atoms with Crippen molar-refractivity contribution < 1.29 is 9.90 Å². The minimum absolute atomic E-state index is 0.0280. The molecule has 0 saturated heterocycles. The number of aliphatic hydroxyl groups is 1. The van der Waals surface area contributed by atoms with Crippen LogP contribution in [-0.2, 0) is 11.2 Å². The normalized spacial score (nSPS) is 13.3. The van der Waals surface area contributed by atoms with Gasteiger partial charge < -0.3 is 15.7 Å². The summed E-state index contributed by atoms with van der Waals surface area (Å²) in [5.41, 5.74) is 1.95. The first-order valence-corrected chi connectivity index (χ1v) is 8.65. The predicted molar refractivity (Wildman–Crippen MR) is 93.6 cm³/mol. The van der Waals surface area contributed by atoms with Gasteiger partial charge in [-0.05, 0) is 31.0 Å². The third kappa shape index (κ3) is 5.33. The molecule has 0 radical (unpaired) electrons. The van der Waals surface area contributed by atoms with Crippen molar-refractivity contribution in [2.24, 2.45) is 0 Å². The van der Waals surface area contributed by atoms with E-state index in [1.54, 1.807) is 17.5 Å². The summed E-state index contributed by atoms with van der Waals surface area (Å²) in [5.74, 6) is -0.0669. The highest BCUT2D eigenvalue weighted by molar-refractivity contribution is 7.09. The second kappa shape index (κ2) is 8.64. The largest absolute Gasteiger partial charge is 0.394 e. The quantitative estimate of drug-likeness (QED) is 0.694. The van der Waals surface area contributed by atoms with Gasteiger partial charge in [0.1, 0.15) is 5.01 Å². The maximum absolute atomic E-state index is 11.9. The SMILES string of the molecule is CCC(CO)NC(=O)Cc1ccc(NC(C)c2nccs2)cc1. The molecule has 3 N–H and O–H groups in total. The van der Waals surface area contributed by atoms with Gasteiger partial charge in [0.2, 0.25) is 5.91 Å². The predicted octanol–water partition coefficient (Wildman–Crippen LogP) is 2.75. The number of hydrogen-bond donors (Lipinski definition) is 3. The highest BCUT2D eigenvalue weighted by Crippen LogP contribution is 2.21. The maximum Gasteiger partial charge on any atom is 0.224 e. The molecule has 6 heteroatoms. The van der Waals surface area contributed by atoms with Crippen LogP contribution < -0.4 is 10.6 Å². The fraction of sp³-hybridized carbons (Fsp3) is 0.412. The zero-order chi connectivity index (χ0) is 16.7. The topological polar surface area (TPSA) is 74.2 Å². The van der Waals surface area contributed by atoms with Gasteiger partial charge in [-0.3, -0.25) is 4.79 Å². The zero-order valence-corrected chi connectivity index (χ0v) is 14.3. The number of benzene rings is 1. The summed E-state index contributed by atoms with van der Waals surface area (Å²) in [5, 5.41) is 18.3. The number of aromatic nitrogens is 1. The maximum atomic E-state index is 11.9. The molecule has 1 amide bonds. The fourth-order valence-electron chi connectivity index (χ4n) is 2.22. The van der Waals surface area contributed by atoms with E-state index in [9.17, 15) is 4.79 Å². The van der Waals surface area contributed by atoms with Crippen molar-refractivity contribution in [1.29, 1.82) is 0 Å². The van der Waals surface area contributed by atoms with Crippen LogP contribution in [0, 0.1) is 0 Å². The van der Waals surface area contributed by atoms with E-state index in [0.717, 1.165) is 22.7 Å². The number of hydrogen-bond acceptors (Lipinski definition) is 5. The van der Waals surface area contributed by atoms with Crippen molar-refractivity contribution in [3.8, 4) is 0 Å². The Labute approximate surface area is 140 Å². The second-order valence-electron chi connectivity index (χ2n) is 5.47. The highest BCUT2D eigenvalue weighted by Gasteiger charge is 2.10. The Morgan fingerprint density at radius 1 is 1.35 bits per heavy atom. The molecular formula is C17H23N3O2S. The molecule has 5 nitrogen and oxygen atoms in total. The minimum atomic E-state index is -0.164. The number of aliphatic hydroxyl groups excluding tert-OH is 1. The number of rotatable bonds is 8. The Morgan fingerprint density at radius 2 is 2.09 bits per heavy atom. The Morgan fingerprint density at radius 3 is 2.65 bits per heavy atom. The van der Waals surface area contributed by atoms with Crippen LogP contribution in [0.4, 0.5) is 5.69 Å². The summed E-state index contributed by atoms with van der Waals surface area (Å²) in [6.07, 6.45) is 2.84. The van der Waals surface area contributed by atoms with E-state index in [-0.39, 0.29) is 24.6 Å². The minimum Gasteiger partial charge on any atom is -0.394 e. The molecule has 0 aliphatic heterocycles. The molecule has 1 aromatic heterocycles. The average molecular weight is 333 g/mol. The second-order valence-corrected chi connectivity index (χ2v) is 6.39. The van der Waals surface area contributed by atoms with Gasteiger partial charge in [0.25, 0.3) is 0 Å². The highest BCUT2D eigenvalue weighted by atomic mass is 32.1. The summed E-state index contributed by atoms with van der Waals surface area (Å²) in [7, 11) is 0. The molecule has 23 heavy (non-hydrogen) atoms. The van der Waals surface area contributed by atoms with Crippen molar-refractivity contribution in [3.05, 3.63) is 46.4 Å². The first kappa shape index (κ1) is 17.4. The van der Waals surface area contributed by atoms with Crippen molar-refractivity contribution in [3.63, 3.8) is 0 Å². The number of thiazole rings is 1. The third-order valence-electron chi connectivity index (χ3n) is 3.60. The van der Waals surface area contributed by atoms with Crippen LogP contribution in [0.2, 0.25) is 0 Å². The summed E-state index contributed by atoms with van der Waals surface area (Å²) < 4.78 is 0. The molecule has 2 unspecified atom stereocenters. The van der Waals surface area contributed by atoms with Crippen LogP contribution in [0.5, 0.6) is 0 Å². The van der Waals surface area contributed by atoms with E-state index >= 15 is 0 Å². The van der Waals surface area contributed by atoms with Gasteiger partial charge in [-0.15, -0.1) is 11.3 Å². The van der Waals surface area contributed by atoms with Crippen LogP contribution in [0.3, 0.4) is 0 Å². The summed E-state index contributed by atoms with van der Waals surface area (Å²) in [6, 6.07) is 7.81. The monoisotopic (exact) mass is 333 g/mol. The Kier molecular flexibility index (Phi) is 6.55. The lowest BCUT2D eigenvalue weighted by Crippen LogP contribution is -2.37. The van der Waals surface area contributed by atoms with E-state index in [1.807, 2.05) is 36.6 Å². The Balaban J connectivity index is 1.88. The molecule has 0 spiro atoms. The van der Waals surface area contributed by atoms with Gasteiger partial charge in [0.05, 0.1) is 25.1 Å². The van der Waals surface area contributed by atoms with Gasteiger partial charge in [0.15, 0.2) is 0 Å². The fourth-order valence-corrected chi connectivity index (χ4v) is 2.87. The molecule has 0 aliphatic carbocycles. The van der Waals surface area contributed by atoms with Crippen LogP contribution in [0.1, 0.15) is 36.9 Å². The summed E-state index contributed by atoms with van der Waals surface area (Å²) in [6.45, 7) is 3.98. The average Bonchev–Trinajstić information content (AvgIpc) is 3.09. The zero-order valence-electron chi connectivity index (χ0n) is 13.5. The number of nitrogens with zero attached hydrogens (tertiary/aromatic N) is 1. The molecule has 0 fully saturated rings. The number of carbonyl (C=O) groups is 1. The molecule has 0 saturated carbocycles. The Bertz CT molecular complexity index is 595. The van der Waals surface area contributed by atoms with Gasteiger partial charge in [-0.2, -0.15) is 0 Å². The van der Waals surface area contributed by atoms with Gasteiger partial charge in [-0.25, -0.2) is 4.98 Å². The van der Waals surface area contributed by atoms with E-state index in [4.69, 9.17) is 5.11 Å². The lowest BCUT2D eigenvalue weighted by molar-refractivity contribution is -0.121. The standard InChI is InChI=1S/C17H23N3O2S/c1-3-14(11-21)20-16(22)10-13-4-6-15(7-5-13)19-12(2)17-18-8-9-23-17/h4-9,12,14,19,21H,3,10-11H2,1-2H3,(H,20,22). The number of anilines is 1. The van der Waals surface area contributed by atoms with E-state index < -0.39 is 0 Å². The van der Waals surface area contributed by atoms with Crippen LogP contribution >= 0.6 is 11.3 Å². The smallest absolute Gasteiger partial charge is 0.224 e. The van der Waals surface area contributed by atoms with E-state index in [1.165, 1.54) is 0 Å². The van der Waals surface area contributed by atoms with Crippen molar-refractivity contribution in [1.82, 2.24) is 10.3 Å². The first-order chi connectivity index (χ1) is 11.1. The first-order valence-electron chi connectivity index (χ1n) is 7.77. The lowest BCUT2D eigenvalue weighted by atomic mass is 10.1. The van der Waals surface area contributed by atoms with Gasteiger partial charge in [-0.1, -0.05) is 19.1 Å². The Hall–Kier alpha value is -1.92. The summed E-state index contributed by atoms with van der Waals surface area (Å²) in [4.78, 5) is 16.2. The number of amides is 1. The molecule has 124 valence electrons. The molecule has 2 rings (SSSR count). The van der Waals surface area contributed by atoms with Crippen LogP contribution in [0.15, 0.2) is 35.8 Å². The summed E-state index contributed by atoms with van der Waals surface area (Å²) >= 11 is 1.62. The van der Waals surface area contributed by atoms with Gasteiger partial charge in [0, 0.05) is 17.3 Å². The molecule has 0 bridgehead atoms. The number of carbonyl (C=O) groups excluding carboxylic acids is 1. The third-order valence-corrected chi connectivity index (χ3v) is 4.56. The van der Waals surface area contributed by atoms with Crippen molar-refractivity contribution >= 4 is 22.9 Å². The lowest BCUT2D eigenvalue weighted by Gasteiger charge is -2.15. The van der Waals surface area contributed by atoms with Crippen molar-refractivity contribution in [2.75, 3.05) is 11.9 Å². The molecule has 2 atom stereocenters. The molecular weight excluding hydrogens is 310 g/mol. The van der Waals surface area contributed by atoms with Crippen molar-refractivity contribution in [2.45, 2.75) is 38.8 Å². The van der Waals surface area contributed by atoms with Gasteiger partial charge >= 0.3 is 0 Å². The molecule has 2 aromatic rings. The molecule has 1 aromatic carbocycles.